The van der Waals surface area contributed by atoms with Crippen LogP contribution in [0.15, 0.2) is 93.5 Å². The molecule has 2 aliphatic heterocycles. The Morgan fingerprint density at radius 2 is 1.62 bits per heavy atom. The molecule has 0 atom stereocenters. The van der Waals surface area contributed by atoms with Crippen molar-refractivity contribution < 1.29 is 4.79 Å². The van der Waals surface area contributed by atoms with E-state index in [1.54, 1.807) is 7.05 Å². The fourth-order valence-electron chi connectivity index (χ4n) is 4.22. The van der Waals surface area contributed by atoms with Crippen molar-refractivity contribution in [3.63, 3.8) is 0 Å². The van der Waals surface area contributed by atoms with Crippen LogP contribution in [0.1, 0.15) is 0 Å². The Bertz CT molecular complexity index is 1760. The van der Waals surface area contributed by atoms with Gasteiger partial charge in [0.2, 0.25) is 0 Å². The third-order valence-electron chi connectivity index (χ3n) is 6.09. The topological polar surface area (TPSA) is 69.9 Å². The number of benzene rings is 3. The van der Waals surface area contributed by atoms with Gasteiger partial charge in [0.25, 0.3) is 11.5 Å². The van der Waals surface area contributed by atoms with Gasteiger partial charge in [0.15, 0.2) is 5.84 Å². The van der Waals surface area contributed by atoms with E-state index in [4.69, 9.17) is 16.6 Å². The number of aliphatic imine (C=N–C) groups is 1. The molecule has 1 saturated heterocycles. The number of aromatic nitrogens is 1. The highest BCUT2D eigenvalue weighted by atomic mass is 35.5. The Morgan fingerprint density at radius 1 is 0.919 bits per heavy atom. The van der Waals surface area contributed by atoms with Crippen LogP contribution < -0.4 is 30.1 Å². The number of nitrogens with one attached hydrogen (secondary N) is 1. The second-order valence-corrected chi connectivity index (χ2v) is 10.9. The van der Waals surface area contributed by atoms with Gasteiger partial charge in [-0.2, -0.15) is 0 Å². The lowest BCUT2D eigenvalue weighted by Crippen LogP contribution is -2.35. The minimum absolute atomic E-state index is 0.175. The smallest absolute Gasteiger partial charge is 0.283 e. The molecule has 4 aromatic rings. The summed E-state index contributed by atoms with van der Waals surface area (Å²) in [5, 5.41) is 2.89. The van der Waals surface area contributed by atoms with Gasteiger partial charge in [0.1, 0.15) is 19.8 Å². The van der Waals surface area contributed by atoms with E-state index in [-0.39, 0.29) is 11.5 Å². The van der Waals surface area contributed by atoms with Crippen molar-refractivity contribution in [1.29, 1.82) is 0 Å². The van der Waals surface area contributed by atoms with Gasteiger partial charge in [-0.25, -0.2) is 10.0 Å². The Hall–Kier alpha value is -3.79. The summed E-state index contributed by atoms with van der Waals surface area (Å²) in [5.41, 5.74) is 5.64. The number of hydrogen-bond donors (Lipinski definition) is 1. The number of carbonyl (C=O) groups is 1. The third kappa shape index (κ3) is 4.05. The summed E-state index contributed by atoms with van der Waals surface area (Å²) in [6.07, 6.45) is 0. The van der Waals surface area contributed by atoms with Gasteiger partial charge >= 0.3 is 0 Å². The first-order valence-electron chi connectivity index (χ1n) is 11.4. The molecule has 1 amide bonds. The number of hydrogen-bond acceptors (Lipinski definition) is 6. The normalized spacial score (nSPS) is 19.0. The maximum Gasteiger partial charge on any atom is 0.283 e. The number of hydrazine groups is 1. The van der Waals surface area contributed by atoms with Crippen molar-refractivity contribution in [2.24, 2.45) is 12.0 Å². The van der Waals surface area contributed by atoms with Crippen molar-refractivity contribution in [2.75, 3.05) is 17.0 Å². The maximum atomic E-state index is 13.8. The number of amides is 1. The monoisotopic (exact) mass is 545 g/mol. The zero-order valence-corrected chi connectivity index (χ0v) is 22.2. The Labute approximate surface area is 225 Å². The molecular formula is C27H20ClN5O2S2. The van der Waals surface area contributed by atoms with Crippen LogP contribution in [-0.4, -0.2) is 23.4 Å². The van der Waals surface area contributed by atoms with Crippen molar-refractivity contribution in [1.82, 2.24) is 9.99 Å². The highest BCUT2D eigenvalue weighted by Crippen LogP contribution is 2.46. The van der Waals surface area contributed by atoms with Crippen LogP contribution in [0.4, 0.5) is 17.1 Å². The average Bonchev–Trinajstić information content (AvgIpc) is 3.51. The summed E-state index contributed by atoms with van der Waals surface area (Å²) in [6.45, 7) is 0. The summed E-state index contributed by atoms with van der Waals surface area (Å²) in [4.78, 5) is 35.0. The van der Waals surface area contributed by atoms with Crippen molar-refractivity contribution in [2.45, 2.75) is 4.90 Å². The summed E-state index contributed by atoms with van der Waals surface area (Å²) >= 11 is 9.02. The molecule has 3 heterocycles. The van der Waals surface area contributed by atoms with Gasteiger partial charge in [0, 0.05) is 24.0 Å². The highest BCUT2D eigenvalue weighted by Gasteiger charge is 2.35. The number of amidine groups is 1. The molecule has 6 rings (SSSR count). The number of thiazole rings is 1. The van der Waals surface area contributed by atoms with Crippen LogP contribution in [0, 0.1) is 0 Å². The standard InChI is InChI=1S/C27H20ClN5O2S2/c1-31-19-15-16(28)13-14-20(19)36-27(31)22-25(35)32(2)26(37-22)21-23(29-17-9-5-3-6-10-17)30-33(24(21)34)18-11-7-4-8-12-18/h3-15H,1-2H3,(H,29,30). The average molecular weight is 546 g/mol. The van der Waals surface area contributed by atoms with E-state index in [0.29, 0.717) is 37.0 Å². The Balaban J connectivity index is 1.58. The van der Waals surface area contributed by atoms with Crippen molar-refractivity contribution in [3.8, 4) is 0 Å². The predicted octanol–water partition coefficient (Wildman–Crippen LogP) is 3.84. The number of rotatable bonds is 2. The van der Waals surface area contributed by atoms with Gasteiger partial charge in [-0.1, -0.05) is 59.8 Å². The highest BCUT2D eigenvalue weighted by molar-refractivity contribution is 8.08. The number of carbonyl (C=O) groups excluding carboxylic acids is 1. The third-order valence-corrected chi connectivity index (χ3v) is 8.93. The van der Waals surface area contributed by atoms with Crippen molar-refractivity contribution >= 4 is 74.1 Å². The van der Waals surface area contributed by atoms with Gasteiger partial charge in [-0.05, 0) is 42.5 Å². The van der Waals surface area contributed by atoms with E-state index < -0.39 is 0 Å². The molecule has 0 aliphatic carbocycles. The molecule has 0 bridgehead atoms. The minimum atomic E-state index is -0.281. The van der Waals surface area contributed by atoms with E-state index in [1.165, 1.54) is 32.7 Å². The molecule has 0 spiro atoms. The number of para-hydroxylation sites is 2. The number of anilines is 2. The largest absolute Gasteiger partial charge is 0.337 e. The van der Waals surface area contributed by atoms with Gasteiger partial charge in [-0.15, -0.1) is 11.3 Å². The van der Waals surface area contributed by atoms with Crippen LogP contribution in [0.3, 0.4) is 0 Å². The van der Waals surface area contributed by atoms with E-state index in [0.717, 1.165) is 15.6 Å². The molecule has 0 unspecified atom stereocenters. The zero-order valence-electron chi connectivity index (χ0n) is 19.8. The van der Waals surface area contributed by atoms with E-state index in [9.17, 15) is 9.59 Å². The van der Waals surface area contributed by atoms with Crippen LogP contribution in [0.2, 0.25) is 5.02 Å². The molecule has 0 radical (unpaired) electrons. The predicted molar refractivity (Wildman–Crippen MR) is 152 cm³/mol. The lowest BCUT2D eigenvalue weighted by Gasteiger charge is -2.14. The number of thioether (sulfide) groups is 1. The summed E-state index contributed by atoms with van der Waals surface area (Å²) in [7, 11) is 3.60. The lowest BCUT2D eigenvalue weighted by molar-refractivity contribution is -0.113. The molecule has 2 aliphatic rings. The Kier molecular flexibility index (Phi) is 5.91. The minimum Gasteiger partial charge on any atom is -0.337 e. The first-order valence-corrected chi connectivity index (χ1v) is 13.4. The second kappa shape index (κ2) is 9.26. The van der Waals surface area contributed by atoms with Crippen LogP contribution in [-0.2, 0) is 11.8 Å². The van der Waals surface area contributed by atoms with Crippen LogP contribution in [0.25, 0.3) is 10.6 Å². The second-order valence-electron chi connectivity index (χ2n) is 8.44. The van der Waals surface area contributed by atoms with Crippen molar-refractivity contribution in [3.05, 3.63) is 103 Å². The molecule has 3 aromatic carbocycles. The zero-order chi connectivity index (χ0) is 25.7. The molecule has 37 heavy (non-hydrogen) atoms. The lowest BCUT2D eigenvalue weighted by atomic mass is 10.2. The molecule has 10 heteroatoms. The fraction of sp³-hybridized carbons (Fsp3) is 0.0741. The maximum absolute atomic E-state index is 13.8. The molecule has 7 nitrogen and oxygen atoms in total. The summed E-state index contributed by atoms with van der Waals surface area (Å²) in [6, 6.07) is 24.4. The molecule has 1 N–H and O–H groups in total. The van der Waals surface area contributed by atoms with E-state index in [2.05, 4.69) is 5.43 Å². The summed E-state index contributed by atoms with van der Waals surface area (Å²) in [5.74, 6) is 0.104. The molecular weight excluding hydrogens is 526 g/mol. The van der Waals surface area contributed by atoms with E-state index in [1.807, 2.05) is 90.8 Å². The van der Waals surface area contributed by atoms with Crippen LogP contribution in [0.5, 0.6) is 0 Å². The first-order chi connectivity index (χ1) is 17.9. The molecule has 1 aromatic heterocycles. The number of halogens is 1. The van der Waals surface area contributed by atoms with Crippen LogP contribution >= 0.6 is 34.7 Å². The van der Waals surface area contributed by atoms with Gasteiger partial charge < -0.3 is 9.47 Å². The number of nitrogens with zero attached hydrogens (tertiary/aromatic N) is 4. The summed E-state index contributed by atoms with van der Waals surface area (Å²) < 4.78 is 2.61. The molecule has 0 saturated carbocycles. The Morgan fingerprint density at radius 3 is 2.35 bits per heavy atom. The van der Waals surface area contributed by atoms with Gasteiger partial charge in [-0.3, -0.25) is 15.0 Å². The fourth-order valence-corrected chi connectivity index (χ4v) is 6.84. The first kappa shape index (κ1) is 23.6. The van der Waals surface area contributed by atoms with E-state index >= 15 is 0 Å². The number of fused-ring (bicyclic) bond motifs is 1. The SMILES string of the molecule is CN1C(=c2sc(=C3C(=O)N(c4ccccc4)NC3=Nc3ccccc3)n(C)c2=O)Sc2ccc(Cl)cc21. The molecule has 1 fully saturated rings. The van der Waals surface area contributed by atoms with Gasteiger partial charge in [0.05, 0.1) is 17.1 Å². The quantitative estimate of drug-likeness (QED) is 0.414. The molecule has 184 valence electrons.